The van der Waals surface area contributed by atoms with Gasteiger partial charge >= 0.3 is 8.56 Å². The van der Waals surface area contributed by atoms with E-state index in [-0.39, 0.29) is 46.4 Å². The summed E-state index contributed by atoms with van der Waals surface area (Å²) < 4.78 is 48.6. The molecule has 2 aromatic carbocycles. The van der Waals surface area contributed by atoms with E-state index in [2.05, 4.69) is 100 Å². The molecule has 0 N–H and O–H groups in total. The van der Waals surface area contributed by atoms with Crippen LogP contribution in [0.2, 0.25) is 27.7 Å². The second-order valence-electron chi connectivity index (χ2n) is 18.9. The zero-order valence-corrected chi connectivity index (χ0v) is 37.9. The fraction of sp³-hybridized carbons (Fsp3) is 0.711. The Kier molecular flexibility index (Phi) is 14.9. The molecule has 308 valence electrons. The Bertz CT molecular complexity index is 1470. The van der Waals surface area contributed by atoms with Crippen molar-refractivity contribution in [3.63, 3.8) is 0 Å². The standard InChI is InChI=1S/C45H72O8Si2/c1-12-54(13-2,33(3)4)52-41-32-49-55(43(5,6)7,44(8,9)10)53-39(41)28-38-36(46)24-25-42-45(11,51-38)29-40(48-31-35-22-18-15-19-23-35)37(50-42)26-27-47-30-34-20-16-14-17-21-34/h14-23,33,37-42H,12-13,24-32H2,1-11H3/t37-,38+,39-,40+,41+,42+,45-/m0/s1. The van der Waals surface area contributed by atoms with Crippen LogP contribution in [0.25, 0.3) is 0 Å². The normalized spacial score (nSPS) is 29.2. The molecule has 3 aliphatic rings. The van der Waals surface area contributed by atoms with Gasteiger partial charge in [-0.25, -0.2) is 0 Å². The topological polar surface area (TPSA) is 81.7 Å². The van der Waals surface area contributed by atoms with E-state index in [4.69, 9.17) is 32.2 Å². The lowest BCUT2D eigenvalue weighted by atomic mass is 9.84. The van der Waals surface area contributed by atoms with Crippen molar-refractivity contribution in [1.29, 1.82) is 0 Å². The van der Waals surface area contributed by atoms with Gasteiger partial charge in [0.25, 0.3) is 0 Å². The highest BCUT2D eigenvalue weighted by Crippen LogP contribution is 2.55. The van der Waals surface area contributed by atoms with Crippen molar-refractivity contribution in [3.8, 4) is 0 Å². The van der Waals surface area contributed by atoms with Crippen molar-refractivity contribution >= 4 is 22.7 Å². The van der Waals surface area contributed by atoms with E-state index >= 15 is 0 Å². The molecule has 0 amide bonds. The molecule has 3 fully saturated rings. The Morgan fingerprint density at radius 1 is 0.873 bits per heavy atom. The zero-order chi connectivity index (χ0) is 40.1. The van der Waals surface area contributed by atoms with E-state index in [1.165, 1.54) is 0 Å². The summed E-state index contributed by atoms with van der Waals surface area (Å²) >= 11 is 0. The first-order valence-electron chi connectivity index (χ1n) is 21.1. The molecule has 7 atom stereocenters. The molecule has 0 bridgehead atoms. The highest BCUT2D eigenvalue weighted by Gasteiger charge is 2.63. The van der Waals surface area contributed by atoms with Gasteiger partial charge in [0.05, 0.1) is 55.9 Å². The second-order valence-corrected chi connectivity index (χ2v) is 28.5. The summed E-state index contributed by atoms with van der Waals surface area (Å²) in [6.07, 6.45) is 0.792. The summed E-state index contributed by atoms with van der Waals surface area (Å²) in [6, 6.07) is 22.5. The second kappa shape index (κ2) is 18.5. The molecule has 0 radical (unpaired) electrons. The van der Waals surface area contributed by atoms with Crippen LogP contribution in [0.4, 0.5) is 0 Å². The number of fused-ring (bicyclic) bond motifs is 1. The van der Waals surface area contributed by atoms with Gasteiger partial charge in [-0.15, -0.1) is 0 Å². The molecular weight excluding hydrogens is 725 g/mol. The molecule has 3 saturated heterocycles. The fourth-order valence-electron chi connectivity index (χ4n) is 9.50. The summed E-state index contributed by atoms with van der Waals surface area (Å²) in [5.74, 6) is 0.106. The van der Waals surface area contributed by atoms with Crippen LogP contribution in [0, 0.1) is 0 Å². The monoisotopic (exact) mass is 796 g/mol. The first-order chi connectivity index (χ1) is 26.0. The number of ether oxygens (including phenoxy) is 4. The quantitative estimate of drug-likeness (QED) is 0.130. The maximum absolute atomic E-state index is 14.2. The van der Waals surface area contributed by atoms with Crippen molar-refractivity contribution in [1.82, 2.24) is 0 Å². The minimum Gasteiger partial charge on any atom is -0.409 e. The maximum atomic E-state index is 14.2. The highest BCUT2D eigenvalue weighted by atomic mass is 28.4. The Balaban J connectivity index is 1.39. The number of benzene rings is 2. The average Bonchev–Trinajstić information content (AvgIpc) is 3.26. The summed E-state index contributed by atoms with van der Waals surface area (Å²) in [4.78, 5) is 14.2. The molecule has 5 rings (SSSR count). The van der Waals surface area contributed by atoms with E-state index in [9.17, 15) is 4.79 Å². The van der Waals surface area contributed by atoms with E-state index < -0.39 is 28.6 Å². The van der Waals surface area contributed by atoms with Gasteiger partial charge in [0.2, 0.25) is 0 Å². The Labute approximate surface area is 335 Å². The van der Waals surface area contributed by atoms with Crippen molar-refractivity contribution in [3.05, 3.63) is 71.8 Å². The molecule has 0 spiro atoms. The lowest BCUT2D eigenvalue weighted by Gasteiger charge is -2.56. The van der Waals surface area contributed by atoms with Crippen LogP contribution in [0.1, 0.15) is 119 Å². The largest absolute Gasteiger partial charge is 0.409 e. The molecule has 0 aliphatic carbocycles. The number of rotatable bonds is 15. The SMILES string of the molecule is CC[Si](CC)(O[C@@H]1CO[Si](C(C)(C)C)(C(C)(C)C)O[C@H]1C[C@H]1O[C@@]2(C)C[C@@H](OCc3ccccc3)[C@H](CCOCc3ccccc3)O[C@@H]2CCC1=O)C(C)C. The van der Waals surface area contributed by atoms with Gasteiger partial charge in [-0.1, -0.05) is 130 Å². The summed E-state index contributed by atoms with van der Waals surface area (Å²) in [6.45, 7) is 26.7. The third-order valence-electron chi connectivity index (χ3n) is 12.7. The number of hydrogen-bond acceptors (Lipinski definition) is 8. The van der Waals surface area contributed by atoms with Gasteiger partial charge in [-0.05, 0) is 48.5 Å². The van der Waals surface area contributed by atoms with Crippen LogP contribution < -0.4 is 0 Å². The van der Waals surface area contributed by atoms with Crippen molar-refractivity contribution in [2.24, 2.45) is 0 Å². The summed E-state index contributed by atoms with van der Waals surface area (Å²) in [5, 5.41) is -0.412. The smallest absolute Gasteiger partial charge is 0.349 e. The predicted octanol–water partition coefficient (Wildman–Crippen LogP) is 10.5. The summed E-state index contributed by atoms with van der Waals surface area (Å²) in [5.41, 5.74) is 1.96. The Morgan fingerprint density at radius 2 is 1.47 bits per heavy atom. The first-order valence-corrected chi connectivity index (χ1v) is 25.3. The van der Waals surface area contributed by atoms with Crippen LogP contribution in [0.3, 0.4) is 0 Å². The van der Waals surface area contributed by atoms with E-state index in [0.29, 0.717) is 64.1 Å². The Morgan fingerprint density at radius 3 is 2.04 bits per heavy atom. The van der Waals surface area contributed by atoms with Crippen LogP contribution in [-0.2, 0) is 50.2 Å². The maximum Gasteiger partial charge on any atom is 0.349 e. The Hall–Kier alpha value is -1.74. The molecule has 0 unspecified atom stereocenters. The van der Waals surface area contributed by atoms with Crippen molar-refractivity contribution < 1.29 is 37.0 Å². The third-order valence-corrected chi connectivity index (χ3v) is 23.1. The number of ketones is 1. The third kappa shape index (κ3) is 10.3. The number of carbonyl (C=O) groups excluding carboxylic acids is 1. The van der Waals surface area contributed by atoms with Crippen LogP contribution in [-0.4, -0.2) is 78.1 Å². The van der Waals surface area contributed by atoms with Gasteiger partial charge < -0.3 is 32.2 Å². The van der Waals surface area contributed by atoms with Crippen molar-refractivity contribution in [2.45, 2.75) is 191 Å². The fourth-order valence-corrected chi connectivity index (χ4v) is 18.0. The van der Waals surface area contributed by atoms with Gasteiger partial charge in [0, 0.05) is 35.9 Å². The number of hydrogen-bond donors (Lipinski definition) is 0. The van der Waals surface area contributed by atoms with Crippen molar-refractivity contribution in [2.75, 3.05) is 13.2 Å². The molecule has 3 aliphatic heterocycles. The molecule has 10 heteroatoms. The molecule has 2 aromatic rings. The van der Waals surface area contributed by atoms with Gasteiger partial charge in [-0.2, -0.15) is 0 Å². The zero-order valence-electron chi connectivity index (χ0n) is 35.9. The highest BCUT2D eigenvalue weighted by molar-refractivity contribution is 6.75. The van der Waals surface area contributed by atoms with E-state index in [0.717, 1.165) is 23.2 Å². The molecular formula is C45H72O8Si2. The molecule has 3 heterocycles. The van der Waals surface area contributed by atoms with E-state index in [1.807, 2.05) is 36.4 Å². The van der Waals surface area contributed by atoms with Crippen LogP contribution in [0.5, 0.6) is 0 Å². The number of Topliss-reactive ketones (excluding diaryl/α,β-unsaturated/α-hetero) is 1. The summed E-state index contributed by atoms with van der Waals surface area (Å²) in [7, 11) is -5.00. The van der Waals surface area contributed by atoms with E-state index in [1.54, 1.807) is 0 Å². The minimum absolute atomic E-state index is 0.106. The number of carbonyl (C=O) groups is 1. The molecule has 8 nitrogen and oxygen atoms in total. The average molecular weight is 797 g/mol. The van der Waals surface area contributed by atoms with Gasteiger partial charge in [0.1, 0.15) is 6.10 Å². The van der Waals surface area contributed by atoms with Crippen LogP contribution >= 0.6 is 0 Å². The first kappa shape index (κ1) is 44.4. The lowest BCUT2D eigenvalue weighted by molar-refractivity contribution is -0.250. The molecule has 0 aromatic heterocycles. The molecule has 55 heavy (non-hydrogen) atoms. The lowest BCUT2D eigenvalue weighted by Crippen LogP contribution is -2.67. The van der Waals surface area contributed by atoms with Gasteiger partial charge in [-0.3, -0.25) is 4.79 Å². The predicted molar refractivity (Wildman–Crippen MR) is 224 cm³/mol. The van der Waals surface area contributed by atoms with Gasteiger partial charge in [0.15, 0.2) is 14.1 Å². The van der Waals surface area contributed by atoms with Crippen LogP contribution in [0.15, 0.2) is 60.7 Å². The minimum atomic E-state index is -2.88. The molecule has 0 saturated carbocycles.